The predicted octanol–water partition coefficient (Wildman–Crippen LogP) is 2.98. The molecule has 1 atom stereocenters. The van der Waals surface area contributed by atoms with Gasteiger partial charge in [-0.1, -0.05) is 30.3 Å². The largest absolute Gasteiger partial charge is 0.380 e. The third kappa shape index (κ3) is 5.52. The summed E-state index contributed by atoms with van der Waals surface area (Å²) in [7, 11) is 1.63. The van der Waals surface area contributed by atoms with Gasteiger partial charge in [-0.05, 0) is 36.8 Å². The molecule has 2 N–H and O–H groups in total. The molecule has 2 aromatic rings. The van der Waals surface area contributed by atoms with E-state index < -0.39 is 0 Å². The Morgan fingerprint density at radius 1 is 1.08 bits per heavy atom. The van der Waals surface area contributed by atoms with Crippen molar-refractivity contribution in [2.75, 3.05) is 12.4 Å². The van der Waals surface area contributed by atoms with E-state index in [1.54, 1.807) is 31.4 Å². The van der Waals surface area contributed by atoms with Gasteiger partial charge in [-0.25, -0.2) is 0 Å². The van der Waals surface area contributed by atoms with Gasteiger partial charge in [0.05, 0.1) is 6.61 Å². The van der Waals surface area contributed by atoms with Crippen molar-refractivity contribution in [2.45, 2.75) is 26.0 Å². The Balaban J connectivity index is 1.85. The van der Waals surface area contributed by atoms with Gasteiger partial charge >= 0.3 is 0 Å². The molecule has 0 aromatic heterocycles. The predicted molar refractivity (Wildman–Crippen MR) is 93.8 cm³/mol. The van der Waals surface area contributed by atoms with E-state index in [1.165, 1.54) is 0 Å². The molecule has 0 heterocycles. The smallest absolute Gasteiger partial charge is 0.251 e. The van der Waals surface area contributed by atoms with E-state index in [9.17, 15) is 9.59 Å². The van der Waals surface area contributed by atoms with Gasteiger partial charge in [0, 0.05) is 30.8 Å². The maximum Gasteiger partial charge on any atom is 0.251 e. The zero-order chi connectivity index (χ0) is 17.4. The Labute approximate surface area is 142 Å². The molecular formula is C19H22N2O3. The molecule has 2 amide bonds. The van der Waals surface area contributed by atoms with Gasteiger partial charge in [-0.15, -0.1) is 0 Å². The van der Waals surface area contributed by atoms with Crippen LogP contribution >= 0.6 is 0 Å². The lowest BCUT2D eigenvalue weighted by Crippen LogP contribution is -2.35. The van der Waals surface area contributed by atoms with Crippen molar-refractivity contribution in [2.24, 2.45) is 0 Å². The van der Waals surface area contributed by atoms with Crippen LogP contribution in [0, 0.1) is 0 Å². The summed E-state index contributed by atoms with van der Waals surface area (Å²) in [4.78, 5) is 24.2. The highest BCUT2D eigenvalue weighted by molar-refractivity contribution is 5.95. The van der Waals surface area contributed by atoms with E-state index >= 15 is 0 Å². The molecule has 5 nitrogen and oxygen atoms in total. The number of hydrogen-bond acceptors (Lipinski definition) is 3. The lowest BCUT2D eigenvalue weighted by Gasteiger charge is -2.14. The molecule has 24 heavy (non-hydrogen) atoms. The van der Waals surface area contributed by atoms with E-state index in [-0.39, 0.29) is 24.3 Å². The normalized spacial score (nSPS) is 11.6. The van der Waals surface area contributed by atoms with Crippen LogP contribution in [0.15, 0.2) is 54.6 Å². The zero-order valence-electron chi connectivity index (χ0n) is 13.9. The number of rotatable bonds is 7. The summed E-state index contributed by atoms with van der Waals surface area (Å²) in [5.41, 5.74) is 2.29. The lowest BCUT2D eigenvalue weighted by atomic mass is 10.1. The summed E-state index contributed by atoms with van der Waals surface area (Å²) >= 11 is 0. The number of methoxy groups -OCH3 is 1. The third-order valence-electron chi connectivity index (χ3n) is 3.43. The van der Waals surface area contributed by atoms with Crippen molar-refractivity contribution in [3.63, 3.8) is 0 Å². The summed E-state index contributed by atoms with van der Waals surface area (Å²) in [6.45, 7) is 2.30. The van der Waals surface area contributed by atoms with Crippen LogP contribution in [0.3, 0.4) is 0 Å². The quantitative estimate of drug-likeness (QED) is 0.822. The van der Waals surface area contributed by atoms with Crippen LogP contribution in [0.2, 0.25) is 0 Å². The second-order valence-electron chi connectivity index (χ2n) is 5.63. The van der Waals surface area contributed by atoms with Gasteiger partial charge in [0.2, 0.25) is 5.91 Å². The minimum atomic E-state index is -0.264. The van der Waals surface area contributed by atoms with Gasteiger partial charge in [0.25, 0.3) is 5.91 Å². The highest BCUT2D eigenvalue weighted by Gasteiger charge is 2.13. The Hall–Kier alpha value is -2.66. The van der Waals surface area contributed by atoms with Crippen molar-refractivity contribution in [3.05, 3.63) is 65.7 Å². The van der Waals surface area contributed by atoms with Gasteiger partial charge in [-0.2, -0.15) is 0 Å². The number of carbonyl (C=O) groups is 2. The summed E-state index contributed by atoms with van der Waals surface area (Å²) in [5, 5.41) is 5.66. The fraction of sp³-hybridized carbons (Fsp3) is 0.263. The van der Waals surface area contributed by atoms with E-state index in [0.29, 0.717) is 12.2 Å². The monoisotopic (exact) mass is 326 g/mol. The van der Waals surface area contributed by atoms with Crippen LogP contribution in [0.25, 0.3) is 0 Å². The van der Waals surface area contributed by atoms with E-state index in [0.717, 1.165) is 11.3 Å². The van der Waals surface area contributed by atoms with E-state index in [2.05, 4.69) is 10.6 Å². The molecule has 0 aliphatic rings. The second kappa shape index (κ2) is 8.84. The molecule has 0 spiro atoms. The first-order valence-corrected chi connectivity index (χ1v) is 7.82. The number of ether oxygens (including phenoxy) is 1. The lowest BCUT2D eigenvalue weighted by molar-refractivity contribution is -0.116. The molecule has 2 aromatic carbocycles. The average Bonchev–Trinajstić information content (AvgIpc) is 2.56. The van der Waals surface area contributed by atoms with Crippen molar-refractivity contribution in [1.82, 2.24) is 5.32 Å². The van der Waals surface area contributed by atoms with Crippen molar-refractivity contribution in [1.29, 1.82) is 0 Å². The number of benzene rings is 2. The van der Waals surface area contributed by atoms with Crippen molar-refractivity contribution < 1.29 is 14.3 Å². The highest BCUT2D eigenvalue weighted by Crippen LogP contribution is 2.12. The van der Waals surface area contributed by atoms with Crippen LogP contribution in [-0.2, 0) is 16.1 Å². The molecule has 0 saturated carbocycles. The van der Waals surface area contributed by atoms with Gasteiger partial charge in [-0.3, -0.25) is 9.59 Å². The molecule has 0 aliphatic carbocycles. The van der Waals surface area contributed by atoms with Gasteiger partial charge < -0.3 is 15.4 Å². The van der Waals surface area contributed by atoms with E-state index in [4.69, 9.17) is 4.74 Å². The van der Waals surface area contributed by atoms with Crippen LogP contribution in [-0.4, -0.2) is 25.0 Å². The fourth-order valence-electron chi connectivity index (χ4n) is 2.34. The number of carbonyl (C=O) groups excluding carboxylic acids is 2. The highest BCUT2D eigenvalue weighted by atomic mass is 16.5. The minimum Gasteiger partial charge on any atom is -0.380 e. The van der Waals surface area contributed by atoms with Crippen LogP contribution < -0.4 is 10.6 Å². The van der Waals surface area contributed by atoms with Crippen LogP contribution in [0.1, 0.15) is 29.3 Å². The average molecular weight is 326 g/mol. The first-order chi connectivity index (χ1) is 11.6. The molecule has 0 aliphatic heterocycles. The summed E-state index contributed by atoms with van der Waals surface area (Å²) < 4.78 is 5.08. The van der Waals surface area contributed by atoms with E-state index in [1.807, 2.05) is 37.3 Å². The number of amides is 2. The summed E-state index contributed by atoms with van der Waals surface area (Å²) in [5.74, 6) is -0.330. The van der Waals surface area contributed by atoms with Gasteiger partial charge in [0.1, 0.15) is 0 Å². The van der Waals surface area contributed by atoms with Crippen LogP contribution in [0.5, 0.6) is 0 Å². The Bertz CT molecular complexity index is 686. The number of hydrogen-bond donors (Lipinski definition) is 2. The Morgan fingerprint density at radius 2 is 1.83 bits per heavy atom. The molecule has 5 heteroatoms. The molecule has 0 bridgehead atoms. The van der Waals surface area contributed by atoms with Crippen LogP contribution in [0.4, 0.5) is 5.69 Å². The number of nitrogens with one attached hydrogen (secondary N) is 2. The Kier molecular flexibility index (Phi) is 6.51. The molecule has 1 unspecified atom stereocenters. The maximum atomic E-state index is 12.1. The topological polar surface area (TPSA) is 67.4 Å². The fourth-order valence-corrected chi connectivity index (χ4v) is 2.34. The molecule has 126 valence electrons. The molecule has 0 fully saturated rings. The summed E-state index contributed by atoms with van der Waals surface area (Å²) in [6.07, 6.45) is 0.201. The molecule has 2 rings (SSSR count). The van der Waals surface area contributed by atoms with Crippen molar-refractivity contribution in [3.8, 4) is 0 Å². The minimum absolute atomic E-state index is 0.148. The van der Waals surface area contributed by atoms with Gasteiger partial charge in [0.15, 0.2) is 0 Å². The number of anilines is 1. The molecular weight excluding hydrogens is 304 g/mol. The maximum absolute atomic E-state index is 12.1. The molecule has 0 saturated heterocycles. The molecule has 0 radical (unpaired) electrons. The first-order valence-electron chi connectivity index (χ1n) is 7.82. The third-order valence-corrected chi connectivity index (χ3v) is 3.43. The zero-order valence-corrected chi connectivity index (χ0v) is 13.9. The Morgan fingerprint density at radius 3 is 2.54 bits per heavy atom. The van der Waals surface area contributed by atoms with Crippen molar-refractivity contribution >= 4 is 17.5 Å². The second-order valence-corrected chi connectivity index (χ2v) is 5.63. The summed E-state index contributed by atoms with van der Waals surface area (Å²) in [6, 6.07) is 16.2. The SMILES string of the molecule is COCc1cccc(NC(=O)CC(C)NC(=O)c2ccccc2)c1. The standard InChI is InChI=1S/C19H22N2O3/c1-14(20-19(23)16-8-4-3-5-9-16)11-18(22)21-17-10-6-7-15(12-17)13-24-2/h3-10,12,14H,11,13H2,1-2H3,(H,20,23)(H,21,22). The first kappa shape index (κ1) is 17.7.